The van der Waals surface area contributed by atoms with Crippen LogP contribution in [0.2, 0.25) is 0 Å². The molecule has 0 aliphatic rings. The third-order valence-electron chi connectivity index (χ3n) is 1.95. The fourth-order valence-corrected chi connectivity index (χ4v) is 1.46. The SMILES string of the molecule is CNC(Br)c1ccc(OC)c(OC)c1. The van der Waals surface area contributed by atoms with Crippen LogP contribution in [0.5, 0.6) is 11.5 Å². The van der Waals surface area contributed by atoms with Gasteiger partial charge in [0.2, 0.25) is 0 Å². The summed E-state index contributed by atoms with van der Waals surface area (Å²) in [5.74, 6) is 1.48. The lowest BCUT2D eigenvalue weighted by molar-refractivity contribution is 0.354. The summed E-state index contributed by atoms with van der Waals surface area (Å²) in [4.78, 5) is 0.127. The number of hydrogen-bond donors (Lipinski definition) is 1. The Balaban J connectivity index is 3.01. The third-order valence-corrected chi connectivity index (χ3v) is 2.94. The van der Waals surface area contributed by atoms with Crippen molar-refractivity contribution in [1.29, 1.82) is 0 Å². The minimum atomic E-state index is 0.127. The van der Waals surface area contributed by atoms with Gasteiger partial charge >= 0.3 is 0 Å². The summed E-state index contributed by atoms with van der Waals surface area (Å²) in [5.41, 5.74) is 1.10. The summed E-state index contributed by atoms with van der Waals surface area (Å²) in [6.07, 6.45) is 0. The molecule has 78 valence electrons. The van der Waals surface area contributed by atoms with Crippen molar-refractivity contribution >= 4 is 15.9 Å². The highest BCUT2D eigenvalue weighted by Gasteiger charge is 2.09. The number of ether oxygens (including phenoxy) is 2. The van der Waals surface area contributed by atoms with Gasteiger partial charge < -0.3 is 14.8 Å². The van der Waals surface area contributed by atoms with E-state index in [0.29, 0.717) is 0 Å². The molecule has 0 aliphatic heterocycles. The van der Waals surface area contributed by atoms with Gasteiger partial charge in [-0.3, -0.25) is 0 Å². The quantitative estimate of drug-likeness (QED) is 0.665. The molecule has 1 aromatic rings. The zero-order valence-corrected chi connectivity index (χ0v) is 10.1. The van der Waals surface area contributed by atoms with Gasteiger partial charge in [0.1, 0.15) is 0 Å². The first-order chi connectivity index (χ1) is 6.72. The molecule has 0 fully saturated rings. The molecule has 1 rings (SSSR count). The van der Waals surface area contributed by atoms with Crippen molar-refractivity contribution in [3.63, 3.8) is 0 Å². The van der Waals surface area contributed by atoms with Crippen molar-refractivity contribution in [3.05, 3.63) is 23.8 Å². The van der Waals surface area contributed by atoms with Gasteiger partial charge in [-0.05, 0) is 24.7 Å². The molecule has 0 bridgehead atoms. The molecular formula is C10H14BrNO2. The molecule has 1 aromatic carbocycles. The Morgan fingerprint density at radius 2 is 1.86 bits per heavy atom. The van der Waals surface area contributed by atoms with Crippen LogP contribution in [0.1, 0.15) is 10.5 Å². The summed E-state index contributed by atoms with van der Waals surface area (Å²) in [7, 11) is 5.14. The Kier molecular flexibility index (Phi) is 4.22. The molecule has 0 heterocycles. The lowest BCUT2D eigenvalue weighted by Crippen LogP contribution is -2.09. The van der Waals surface area contributed by atoms with Crippen molar-refractivity contribution in [2.24, 2.45) is 0 Å². The predicted octanol–water partition coefficient (Wildman–Crippen LogP) is 2.32. The predicted molar refractivity (Wildman–Crippen MR) is 60.3 cm³/mol. The summed E-state index contributed by atoms with van der Waals surface area (Å²) in [5, 5.41) is 3.09. The van der Waals surface area contributed by atoms with E-state index in [1.54, 1.807) is 14.2 Å². The van der Waals surface area contributed by atoms with E-state index >= 15 is 0 Å². The monoisotopic (exact) mass is 259 g/mol. The van der Waals surface area contributed by atoms with Gasteiger partial charge in [0.25, 0.3) is 0 Å². The summed E-state index contributed by atoms with van der Waals surface area (Å²) < 4.78 is 10.3. The van der Waals surface area contributed by atoms with E-state index in [2.05, 4.69) is 21.2 Å². The van der Waals surface area contributed by atoms with Gasteiger partial charge in [0.05, 0.1) is 19.2 Å². The molecule has 0 aromatic heterocycles. The summed E-state index contributed by atoms with van der Waals surface area (Å²) >= 11 is 3.49. The van der Waals surface area contributed by atoms with Crippen LogP contribution in [0.4, 0.5) is 0 Å². The molecule has 0 saturated heterocycles. The summed E-state index contributed by atoms with van der Waals surface area (Å²) in [6.45, 7) is 0. The van der Waals surface area contributed by atoms with Crippen molar-refractivity contribution in [1.82, 2.24) is 5.32 Å². The minimum Gasteiger partial charge on any atom is -0.493 e. The Hall–Kier alpha value is -0.740. The lowest BCUT2D eigenvalue weighted by atomic mass is 10.2. The van der Waals surface area contributed by atoms with Gasteiger partial charge in [-0.1, -0.05) is 22.0 Å². The highest BCUT2D eigenvalue weighted by molar-refractivity contribution is 9.09. The Morgan fingerprint density at radius 3 is 2.36 bits per heavy atom. The van der Waals surface area contributed by atoms with E-state index < -0.39 is 0 Å². The first-order valence-electron chi connectivity index (χ1n) is 4.26. The molecule has 3 nitrogen and oxygen atoms in total. The zero-order valence-electron chi connectivity index (χ0n) is 8.50. The van der Waals surface area contributed by atoms with Crippen LogP contribution in [0.15, 0.2) is 18.2 Å². The topological polar surface area (TPSA) is 30.5 Å². The van der Waals surface area contributed by atoms with Gasteiger partial charge in [0, 0.05) is 0 Å². The number of hydrogen-bond acceptors (Lipinski definition) is 3. The average molecular weight is 260 g/mol. The molecule has 4 heteroatoms. The number of rotatable bonds is 4. The number of methoxy groups -OCH3 is 2. The van der Waals surface area contributed by atoms with Crippen molar-refractivity contribution < 1.29 is 9.47 Å². The number of halogens is 1. The van der Waals surface area contributed by atoms with Crippen LogP contribution in [0.25, 0.3) is 0 Å². The second kappa shape index (κ2) is 5.22. The van der Waals surface area contributed by atoms with Crippen molar-refractivity contribution in [3.8, 4) is 11.5 Å². The fraction of sp³-hybridized carbons (Fsp3) is 0.400. The number of nitrogens with one attached hydrogen (secondary N) is 1. The second-order valence-corrected chi connectivity index (χ2v) is 3.68. The molecule has 0 radical (unpaired) electrons. The van der Waals surface area contributed by atoms with E-state index in [4.69, 9.17) is 9.47 Å². The van der Waals surface area contributed by atoms with E-state index in [0.717, 1.165) is 17.1 Å². The van der Waals surface area contributed by atoms with Gasteiger partial charge in [-0.15, -0.1) is 0 Å². The standard InChI is InChI=1S/C10H14BrNO2/c1-12-10(11)7-4-5-8(13-2)9(6-7)14-3/h4-6,10,12H,1-3H3. The Bertz CT molecular complexity index is 304. The molecule has 1 N–H and O–H groups in total. The number of benzene rings is 1. The van der Waals surface area contributed by atoms with Gasteiger partial charge in [-0.2, -0.15) is 0 Å². The van der Waals surface area contributed by atoms with E-state index in [9.17, 15) is 0 Å². The van der Waals surface area contributed by atoms with Crippen LogP contribution in [0, 0.1) is 0 Å². The van der Waals surface area contributed by atoms with Crippen molar-refractivity contribution in [2.75, 3.05) is 21.3 Å². The van der Waals surface area contributed by atoms with E-state index in [-0.39, 0.29) is 4.95 Å². The first kappa shape index (κ1) is 11.3. The van der Waals surface area contributed by atoms with Crippen LogP contribution < -0.4 is 14.8 Å². The molecule has 0 aliphatic carbocycles. The molecule has 14 heavy (non-hydrogen) atoms. The van der Waals surface area contributed by atoms with Crippen LogP contribution >= 0.6 is 15.9 Å². The molecule has 0 saturated carbocycles. The fourth-order valence-electron chi connectivity index (χ4n) is 1.18. The Labute approximate surface area is 92.5 Å². The highest BCUT2D eigenvalue weighted by Crippen LogP contribution is 2.31. The second-order valence-electron chi connectivity index (χ2n) is 2.77. The maximum atomic E-state index is 5.20. The maximum Gasteiger partial charge on any atom is 0.161 e. The lowest BCUT2D eigenvalue weighted by Gasteiger charge is -2.12. The molecule has 1 atom stereocenters. The van der Waals surface area contributed by atoms with E-state index in [1.165, 1.54) is 0 Å². The number of alkyl halides is 1. The smallest absolute Gasteiger partial charge is 0.161 e. The van der Waals surface area contributed by atoms with Crippen LogP contribution in [-0.2, 0) is 0 Å². The van der Waals surface area contributed by atoms with Gasteiger partial charge in [-0.25, -0.2) is 0 Å². The van der Waals surface area contributed by atoms with Crippen molar-refractivity contribution in [2.45, 2.75) is 4.95 Å². The Morgan fingerprint density at radius 1 is 1.21 bits per heavy atom. The third kappa shape index (κ3) is 2.39. The average Bonchev–Trinajstić information content (AvgIpc) is 2.26. The molecule has 1 unspecified atom stereocenters. The summed E-state index contributed by atoms with van der Waals surface area (Å²) in [6, 6.07) is 5.81. The van der Waals surface area contributed by atoms with E-state index in [1.807, 2.05) is 25.2 Å². The minimum absolute atomic E-state index is 0.127. The normalized spacial score (nSPS) is 12.3. The molecule has 0 amide bonds. The molecular weight excluding hydrogens is 246 g/mol. The van der Waals surface area contributed by atoms with Crippen LogP contribution in [0.3, 0.4) is 0 Å². The van der Waals surface area contributed by atoms with Gasteiger partial charge in [0.15, 0.2) is 11.5 Å². The zero-order chi connectivity index (χ0) is 10.6. The van der Waals surface area contributed by atoms with Crippen LogP contribution in [-0.4, -0.2) is 21.3 Å². The molecule has 0 spiro atoms. The highest BCUT2D eigenvalue weighted by atomic mass is 79.9. The first-order valence-corrected chi connectivity index (χ1v) is 5.17. The maximum absolute atomic E-state index is 5.20. The largest absolute Gasteiger partial charge is 0.493 e.